The van der Waals surface area contributed by atoms with Crippen LogP contribution in [-0.2, 0) is 10.0 Å². The lowest BCUT2D eigenvalue weighted by atomic mass is 9.79. The highest BCUT2D eigenvalue weighted by atomic mass is 32.2. The number of carbonyl (C=O) groups excluding carboxylic acids is 1. The predicted octanol–water partition coefficient (Wildman–Crippen LogP) is 1.70. The summed E-state index contributed by atoms with van der Waals surface area (Å²) in [5.74, 6) is -2.94. The van der Waals surface area contributed by atoms with Gasteiger partial charge in [-0.1, -0.05) is 24.3 Å². The summed E-state index contributed by atoms with van der Waals surface area (Å²) in [6, 6.07) is 13.5. The predicted molar refractivity (Wildman–Crippen MR) is 108 cm³/mol. The van der Waals surface area contributed by atoms with Crippen molar-refractivity contribution in [3.05, 3.63) is 83.9 Å². The molecule has 3 aromatic carbocycles. The van der Waals surface area contributed by atoms with Gasteiger partial charge in [0.05, 0.1) is 4.90 Å². The second kappa shape index (κ2) is 8.62. The summed E-state index contributed by atoms with van der Waals surface area (Å²) < 4.78 is 53.9. The van der Waals surface area contributed by atoms with Crippen molar-refractivity contribution < 1.29 is 32.0 Å². The van der Waals surface area contributed by atoms with Crippen LogP contribution in [-0.4, -0.2) is 31.5 Å². The lowest BCUT2D eigenvalue weighted by Gasteiger charge is -2.13. The van der Waals surface area contributed by atoms with Crippen LogP contribution in [0.3, 0.4) is 0 Å². The van der Waals surface area contributed by atoms with Crippen molar-refractivity contribution in [2.24, 2.45) is 0 Å². The van der Waals surface area contributed by atoms with Crippen LogP contribution in [0.25, 0.3) is 0 Å². The molecule has 7 nitrogen and oxygen atoms in total. The van der Waals surface area contributed by atoms with E-state index in [2.05, 4.69) is 10.0 Å². The Balaban J connectivity index is 1.85. The van der Waals surface area contributed by atoms with Gasteiger partial charge in [0.2, 0.25) is 0 Å². The smallest absolute Gasteiger partial charge is 0.423 e. The third-order valence-corrected chi connectivity index (χ3v) is 5.43. The number of nitrogens with one attached hydrogen (secondary N) is 2. The van der Waals surface area contributed by atoms with E-state index in [0.29, 0.717) is 0 Å². The van der Waals surface area contributed by atoms with Gasteiger partial charge in [-0.15, -0.1) is 0 Å². The van der Waals surface area contributed by atoms with Gasteiger partial charge in [-0.25, -0.2) is 17.2 Å². The molecule has 0 radical (unpaired) electrons. The zero-order valence-corrected chi connectivity index (χ0v) is 16.0. The van der Waals surface area contributed by atoms with E-state index in [1.165, 1.54) is 42.5 Å². The Labute approximate surface area is 171 Å². The van der Waals surface area contributed by atoms with Gasteiger partial charge in [-0.2, -0.15) is 0 Å². The summed E-state index contributed by atoms with van der Waals surface area (Å²) in [4.78, 5) is 12.1. The normalized spacial score (nSPS) is 11.1. The Morgan fingerprint density at radius 1 is 0.900 bits per heavy atom. The topological polar surface area (TPSA) is 116 Å². The molecule has 0 unspecified atom stereocenters. The van der Waals surface area contributed by atoms with E-state index in [4.69, 9.17) is 0 Å². The van der Waals surface area contributed by atoms with Crippen LogP contribution in [0.2, 0.25) is 0 Å². The molecule has 4 N–H and O–H groups in total. The van der Waals surface area contributed by atoms with Crippen molar-refractivity contribution in [1.29, 1.82) is 0 Å². The molecule has 11 heteroatoms. The molecule has 0 aliphatic heterocycles. The molecule has 0 fully saturated rings. The number of anilines is 2. The molecule has 1 amide bonds. The highest BCUT2D eigenvalue weighted by Gasteiger charge is 2.21. The Kier molecular flexibility index (Phi) is 6.16. The molecule has 3 rings (SSSR count). The summed E-state index contributed by atoms with van der Waals surface area (Å²) in [6.45, 7) is 0. The quantitative estimate of drug-likeness (QED) is 0.443. The molecule has 0 saturated heterocycles. The molecular formula is C19H15BF2N2O5S. The van der Waals surface area contributed by atoms with E-state index in [-0.39, 0.29) is 27.3 Å². The third kappa shape index (κ3) is 4.82. The fraction of sp³-hybridized carbons (Fsp3) is 0. The number of benzene rings is 3. The third-order valence-electron chi connectivity index (χ3n) is 4.07. The summed E-state index contributed by atoms with van der Waals surface area (Å²) in [5, 5.41) is 21.1. The molecule has 0 heterocycles. The first-order chi connectivity index (χ1) is 14.2. The van der Waals surface area contributed by atoms with Gasteiger partial charge >= 0.3 is 7.12 Å². The van der Waals surface area contributed by atoms with Gasteiger partial charge in [0.15, 0.2) is 11.6 Å². The van der Waals surface area contributed by atoms with Crippen LogP contribution < -0.4 is 15.5 Å². The molecule has 0 atom stereocenters. The first kappa shape index (κ1) is 21.4. The Morgan fingerprint density at radius 3 is 2.33 bits per heavy atom. The zero-order valence-electron chi connectivity index (χ0n) is 15.2. The number of sulfonamides is 1. The SMILES string of the molecule is O=C(Nc1ccc(F)c(F)c1)c1cccc(S(=O)(=O)Nc2ccccc2B(O)O)c1. The molecular weight excluding hydrogens is 417 g/mol. The molecule has 3 aromatic rings. The van der Waals surface area contributed by atoms with Crippen molar-refractivity contribution in [2.45, 2.75) is 4.90 Å². The van der Waals surface area contributed by atoms with Crippen LogP contribution in [0, 0.1) is 11.6 Å². The highest BCUT2D eigenvalue weighted by Crippen LogP contribution is 2.18. The fourth-order valence-electron chi connectivity index (χ4n) is 2.60. The van der Waals surface area contributed by atoms with Crippen LogP contribution >= 0.6 is 0 Å². The molecule has 154 valence electrons. The molecule has 0 aromatic heterocycles. The largest absolute Gasteiger partial charge is 0.490 e. The summed E-state index contributed by atoms with van der Waals surface area (Å²) in [7, 11) is -6.06. The second-order valence-corrected chi connectivity index (χ2v) is 7.86. The number of halogens is 2. The monoisotopic (exact) mass is 432 g/mol. The summed E-state index contributed by atoms with van der Waals surface area (Å²) in [5.41, 5.74) is -0.133. The van der Waals surface area contributed by atoms with E-state index >= 15 is 0 Å². The van der Waals surface area contributed by atoms with E-state index in [0.717, 1.165) is 24.3 Å². The highest BCUT2D eigenvalue weighted by molar-refractivity contribution is 7.92. The number of hydrogen-bond donors (Lipinski definition) is 4. The van der Waals surface area contributed by atoms with Gasteiger partial charge in [0.25, 0.3) is 15.9 Å². The van der Waals surface area contributed by atoms with E-state index in [1.54, 1.807) is 0 Å². The minimum absolute atomic E-state index is 0.00357. The molecule has 0 aliphatic rings. The minimum atomic E-state index is -4.17. The Morgan fingerprint density at radius 2 is 1.63 bits per heavy atom. The van der Waals surface area contributed by atoms with Crippen molar-refractivity contribution in [1.82, 2.24) is 0 Å². The molecule has 0 aliphatic carbocycles. The maximum atomic E-state index is 13.3. The maximum Gasteiger partial charge on any atom is 0.490 e. The summed E-state index contributed by atoms with van der Waals surface area (Å²) >= 11 is 0. The lowest BCUT2D eigenvalue weighted by Crippen LogP contribution is -2.33. The van der Waals surface area contributed by atoms with Crippen LogP contribution in [0.4, 0.5) is 20.2 Å². The van der Waals surface area contributed by atoms with E-state index in [1.807, 2.05) is 0 Å². The average Bonchev–Trinajstić information content (AvgIpc) is 2.71. The Bertz CT molecular complexity index is 1210. The van der Waals surface area contributed by atoms with Gasteiger partial charge in [-0.3, -0.25) is 9.52 Å². The zero-order chi connectivity index (χ0) is 21.9. The van der Waals surface area contributed by atoms with Crippen molar-refractivity contribution in [2.75, 3.05) is 10.0 Å². The number of amides is 1. The average molecular weight is 432 g/mol. The number of rotatable bonds is 6. The minimum Gasteiger partial charge on any atom is -0.423 e. The van der Waals surface area contributed by atoms with Crippen molar-refractivity contribution in [3.63, 3.8) is 0 Å². The van der Waals surface area contributed by atoms with Gasteiger partial charge in [0.1, 0.15) is 0 Å². The summed E-state index contributed by atoms with van der Waals surface area (Å²) in [6.07, 6.45) is 0. The first-order valence-corrected chi connectivity index (χ1v) is 10.00. The molecule has 0 saturated carbocycles. The molecule has 30 heavy (non-hydrogen) atoms. The van der Waals surface area contributed by atoms with Crippen LogP contribution in [0.1, 0.15) is 10.4 Å². The van der Waals surface area contributed by atoms with Crippen molar-refractivity contribution >= 4 is 39.9 Å². The lowest BCUT2D eigenvalue weighted by molar-refractivity contribution is 0.102. The molecule has 0 spiro atoms. The van der Waals surface area contributed by atoms with Crippen LogP contribution in [0.15, 0.2) is 71.6 Å². The van der Waals surface area contributed by atoms with Gasteiger partial charge < -0.3 is 15.4 Å². The number of hydrogen-bond acceptors (Lipinski definition) is 5. The number of carbonyl (C=O) groups is 1. The second-order valence-electron chi connectivity index (χ2n) is 6.18. The van der Waals surface area contributed by atoms with Gasteiger partial charge in [-0.05, 0) is 36.4 Å². The fourth-order valence-corrected chi connectivity index (χ4v) is 3.73. The molecule has 0 bridgehead atoms. The van der Waals surface area contributed by atoms with E-state index in [9.17, 15) is 32.0 Å². The first-order valence-electron chi connectivity index (χ1n) is 8.52. The van der Waals surface area contributed by atoms with Gasteiger partial charge in [0, 0.05) is 28.5 Å². The Hall–Kier alpha value is -3.28. The van der Waals surface area contributed by atoms with Crippen molar-refractivity contribution in [3.8, 4) is 0 Å². The maximum absolute atomic E-state index is 13.3. The van der Waals surface area contributed by atoms with Crippen LogP contribution in [0.5, 0.6) is 0 Å². The number of para-hydroxylation sites is 1. The standard InChI is InChI=1S/C19H15BF2N2O5S/c21-16-9-8-13(11-17(16)22)23-19(25)12-4-3-5-14(10-12)30(28,29)24-18-7-2-1-6-15(18)20(26)27/h1-11,24,26-27H,(H,23,25). The van der Waals surface area contributed by atoms with E-state index < -0.39 is 34.7 Å².